The molecule has 0 unspecified atom stereocenters. The van der Waals surface area contributed by atoms with E-state index in [1.807, 2.05) is 0 Å². The largest absolute Gasteiger partial charge is 0.480 e. The number of carbonyl (C=O) groups excluding carboxylic acids is 1. The number of aliphatic hydroxyl groups excluding tert-OH is 1. The second kappa shape index (κ2) is 7.03. The minimum absolute atomic E-state index is 0.0703. The van der Waals surface area contributed by atoms with Gasteiger partial charge in [0.2, 0.25) is 5.88 Å². The van der Waals surface area contributed by atoms with Crippen LogP contribution in [0.15, 0.2) is 12.3 Å². The number of aromatic nitrogens is 1. The highest BCUT2D eigenvalue weighted by atomic mass is 35.5. The Bertz CT molecular complexity index is 583. The van der Waals surface area contributed by atoms with Crippen molar-refractivity contribution < 1.29 is 19.4 Å². The van der Waals surface area contributed by atoms with E-state index in [1.165, 1.54) is 13.3 Å². The number of carbonyl (C=O) groups is 1. The van der Waals surface area contributed by atoms with Crippen molar-refractivity contribution in [1.29, 1.82) is 0 Å². The Morgan fingerprint density at radius 3 is 3.00 bits per heavy atom. The molecule has 2 fully saturated rings. The second-order valence-electron chi connectivity index (χ2n) is 6.02. The predicted molar refractivity (Wildman–Crippen MR) is 84.8 cm³/mol. The number of aliphatic hydroxyl groups is 1. The van der Waals surface area contributed by atoms with Crippen molar-refractivity contribution in [2.45, 2.75) is 31.4 Å². The summed E-state index contributed by atoms with van der Waals surface area (Å²) in [5.74, 6) is 0.239. The highest BCUT2D eigenvalue weighted by molar-refractivity contribution is 6.32. The summed E-state index contributed by atoms with van der Waals surface area (Å²) < 4.78 is 10.6. The molecule has 23 heavy (non-hydrogen) atoms. The number of hydrogen-bond acceptors (Lipinski definition) is 5. The molecule has 1 amide bonds. The molecule has 0 spiro atoms. The molecule has 3 atom stereocenters. The lowest BCUT2D eigenvalue weighted by Gasteiger charge is -2.40. The highest BCUT2D eigenvalue weighted by Crippen LogP contribution is 2.33. The van der Waals surface area contributed by atoms with Crippen LogP contribution in [0.2, 0.25) is 5.02 Å². The first-order valence-corrected chi connectivity index (χ1v) is 8.26. The zero-order chi connectivity index (χ0) is 16.4. The molecular weight excluding hydrogens is 320 g/mol. The van der Waals surface area contributed by atoms with Crippen LogP contribution in [0.1, 0.15) is 29.6 Å². The van der Waals surface area contributed by atoms with Crippen molar-refractivity contribution >= 4 is 17.5 Å². The van der Waals surface area contributed by atoms with E-state index >= 15 is 0 Å². The number of halogens is 1. The van der Waals surface area contributed by atoms with Crippen molar-refractivity contribution in [3.63, 3.8) is 0 Å². The van der Waals surface area contributed by atoms with Gasteiger partial charge < -0.3 is 19.5 Å². The predicted octanol–water partition coefficient (Wildman–Crippen LogP) is 1.75. The van der Waals surface area contributed by atoms with E-state index < -0.39 is 0 Å². The Balaban J connectivity index is 1.82. The van der Waals surface area contributed by atoms with Crippen molar-refractivity contribution in [3.8, 4) is 5.88 Å². The van der Waals surface area contributed by atoms with Crippen molar-refractivity contribution in [3.05, 3.63) is 22.8 Å². The molecule has 3 rings (SSSR count). The molecule has 6 nitrogen and oxygen atoms in total. The van der Waals surface area contributed by atoms with Gasteiger partial charge in [0.1, 0.15) is 5.02 Å². The quantitative estimate of drug-likeness (QED) is 0.907. The fourth-order valence-electron chi connectivity index (χ4n) is 3.51. The molecule has 2 aliphatic rings. The maximum Gasteiger partial charge on any atom is 0.255 e. The van der Waals surface area contributed by atoms with E-state index in [0.717, 1.165) is 19.3 Å². The molecular formula is C16H21ClN2O4. The maximum absolute atomic E-state index is 12.9. The Morgan fingerprint density at radius 2 is 2.35 bits per heavy atom. The summed E-state index contributed by atoms with van der Waals surface area (Å²) in [5.41, 5.74) is 0.426. The molecule has 7 heteroatoms. The summed E-state index contributed by atoms with van der Waals surface area (Å²) >= 11 is 6.08. The number of methoxy groups -OCH3 is 1. The summed E-state index contributed by atoms with van der Waals surface area (Å²) in [6.45, 7) is 1.48. The standard InChI is InChI=1S/C16H21ClN2O4/c1-22-15-12(17)7-10(8-18-15)16(21)19-5-6-23-9-13(19)11-3-2-4-14(11)20/h7-8,11,13-14,20H,2-6,9H2,1H3/t11-,13+,14+/m0/s1. The Morgan fingerprint density at radius 1 is 1.52 bits per heavy atom. The lowest BCUT2D eigenvalue weighted by molar-refractivity contribution is -0.0383. The normalized spacial score (nSPS) is 28.0. The van der Waals surface area contributed by atoms with E-state index in [2.05, 4.69) is 4.98 Å². The molecule has 0 bridgehead atoms. The third-order valence-corrected chi connectivity index (χ3v) is 4.97. The fraction of sp³-hybridized carbons (Fsp3) is 0.625. The van der Waals surface area contributed by atoms with Crippen LogP contribution in [0.25, 0.3) is 0 Å². The highest BCUT2D eigenvalue weighted by Gasteiger charge is 2.39. The minimum atomic E-state index is -0.366. The fourth-order valence-corrected chi connectivity index (χ4v) is 3.75. The van der Waals surface area contributed by atoms with Crippen molar-refractivity contribution in [2.75, 3.05) is 26.9 Å². The lowest BCUT2D eigenvalue weighted by atomic mass is 9.94. The summed E-state index contributed by atoms with van der Waals surface area (Å²) in [5, 5.41) is 10.5. The Kier molecular flexibility index (Phi) is 5.04. The zero-order valence-corrected chi connectivity index (χ0v) is 13.8. The van der Waals surface area contributed by atoms with Crippen LogP contribution in [-0.2, 0) is 4.74 Å². The number of pyridine rings is 1. The molecule has 126 valence electrons. The molecule has 1 saturated carbocycles. The average Bonchev–Trinajstić information content (AvgIpc) is 3.00. The van der Waals surface area contributed by atoms with Crippen LogP contribution in [0.3, 0.4) is 0 Å². The van der Waals surface area contributed by atoms with Gasteiger partial charge in [-0.05, 0) is 18.9 Å². The van der Waals surface area contributed by atoms with Gasteiger partial charge in [-0.25, -0.2) is 4.98 Å². The first-order valence-electron chi connectivity index (χ1n) is 7.88. The Labute approximate surface area is 140 Å². The van der Waals surface area contributed by atoms with Gasteiger partial charge in [-0.2, -0.15) is 0 Å². The van der Waals surface area contributed by atoms with Crippen LogP contribution >= 0.6 is 11.6 Å². The number of hydrogen-bond donors (Lipinski definition) is 1. The average molecular weight is 341 g/mol. The lowest BCUT2D eigenvalue weighted by Crippen LogP contribution is -2.53. The van der Waals surface area contributed by atoms with Gasteiger partial charge in [-0.3, -0.25) is 4.79 Å². The van der Waals surface area contributed by atoms with Crippen molar-refractivity contribution in [1.82, 2.24) is 9.88 Å². The van der Waals surface area contributed by atoms with E-state index in [0.29, 0.717) is 36.2 Å². The molecule has 1 aromatic rings. The topological polar surface area (TPSA) is 71.9 Å². The SMILES string of the molecule is COc1ncc(C(=O)N2CCOC[C@@H]2[C@@H]2CCC[C@H]2O)cc1Cl. The number of rotatable bonds is 3. The molecule has 0 aromatic carbocycles. The van der Waals surface area contributed by atoms with E-state index in [9.17, 15) is 9.90 Å². The molecule has 1 aliphatic carbocycles. The number of ether oxygens (including phenoxy) is 2. The first-order chi connectivity index (χ1) is 11.1. The van der Waals surface area contributed by atoms with Crippen LogP contribution in [0.5, 0.6) is 5.88 Å². The van der Waals surface area contributed by atoms with Gasteiger partial charge in [0.05, 0.1) is 38.0 Å². The Hall–Kier alpha value is -1.37. The third-order valence-electron chi connectivity index (χ3n) is 4.70. The van der Waals surface area contributed by atoms with Gasteiger partial charge in [0.25, 0.3) is 5.91 Å². The second-order valence-corrected chi connectivity index (χ2v) is 6.43. The van der Waals surface area contributed by atoms with Gasteiger partial charge in [0, 0.05) is 18.7 Å². The molecule has 2 heterocycles. The molecule has 0 radical (unpaired) electrons. The van der Waals surface area contributed by atoms with Crippen LogP contribution in [0.4, 0.5) is 0 Å². The van der Waals surface area contributed by atoms with Gasteiger partial charge >= 0.3 is 0 Å². The van der Waals surface area contributed by atoms with Gasteiger partial charge in [0.15, 0.2) is 0 Å². The summed E-state index contributed by atoms with van der Waals surface area (Å²) in [4.78, 5) is 18.7. The van der Waals surface area contributed by atoms with Crippen LogP contribution in [0, 0.1) is 5.92 Å². The maximum atomic E-state index is 12.9. The minimum Gasteiger partial charge on any atom is -0.480 e. The van der Waals surface area contributed by atoms with Gasteiger partial charge in [-0.15, -0.1) is 0 Å². The molecule has 1 aliphatic heterocycles. The summed E-state index contributed by atoms with van der Waals surface area (Å²) in [6.07, 6.45) is 3.81. The zero-order valence-electron chi connectivity index (χ0n) is 13.1. The third kappa shape index (κ3) is 3.29. The molecule has 1 saturated heterocycles. The summed E-state index contributed by atoms with van der Waals surface area (Å²) in [6, 6.07) is 1.47. The molecule has 1 N–H and O–H groups in total. The van der Waals surface area contributed by atoms with Crippen molar-refractivity contribution in [2.24, 2.45) is 5.92 Å². The summed E-state index contributed by atoms with van der Waals surface area (Å²) in [7, 11) is 1.48. The molecule has 1 aromatic heterocycles. The van der Waals surface area contributed by atoms with E-state index in [-0.39, 0.29) is 24.0 Å². The van der Waals surface area contributed by atoms with Gasteiger partial charge in [-0.1, -0.05) is 18.0 Å². The van der Waals surface area contributed by atoms with Crippen LogP contribution in [-0.4, -0.2) is 59.9 Å². The van der Waals surface area contributed by atoms with E-state index in [4.69, 9.17) is 21.1 Å². The van der Waals surface area contributed by atoms with E-state index in [1.54, 1.807) is 11.0 Å². The smallest absolute Gasteiger partial charge is 0.255 e. The number of morpholine rings is 1. The van der Waals surface area contributed by atoms with Crippen LogP contribution < -0.4 is 4.74 Å². The monoisotopic (exact) mass is 340 g/mol. The first kappa shape index (κ1) is 16.5. The number of nitrogens with zero attached hydrogens (tertiary/aromatic N) is 2. The number of amides is 1.